The molecular formula is C21H29ClO3. The van der Waals surface area contributed by atoms with Gasteiger partial charge < -0.3 is 9.84 Å². The van der Waals surface area contributed by atoms with E-state index in [1.54, 1.807) is 0 Å². The molecule has 0 radical (unpaired) electrons. The smallest absolute Gasteiger partial charge is 0.311 e. The van der Waals surface area contributed by atoms with Crippen LogP contribution in [0.5, 0.6) is 0 Å². The molecule has 4 heteroatoms. The maximum atomic E-state index is 12.7. The zero-order valence-electron chi connectivity index (χ0n) is 15.3. The van der Waals surface area contributed by atoms with Crippen LogP contribution in [0.3, 0.4) is 0 Å². The summed E-state index contributed by atoms with van der Waals surface area (Å²) in [6.45, 7) is 6.73. The summed E-state index contributed by atoms with van der Waals surface area (Å²) in [4.78, 5) is 12.7. The Bertz CT molecular complexity index is 625. The van der Waals surface area contributed by atoms with Crippen molar-refractivity contribution in [2.45, 2.75) is 51.5 Å². The van der Waals surface area contributed by atoms with Crippen LogP contribution in [0.1, 0.15) is 40.0 Å². The van der Waals surface area contributed by atoms with Crippen LogP contribution in [0, 0.1) is 41.4 Å². The van der Waals surface area contributed by atoms with Crippen LogP contribution in [0.15, 0.2) is 23.3 Å². The Hall–Kier alpha value is -0.800. The number of aliphatic hydroxyl groups is 1. The fraction of sp³-hybridized carbons (Fsp3) is 0.762. The predicted octanol–water partition coefficient (Wildman–Crippen LogP) is 3.95. The fourth-order valence-corrected chi connectivity index (χ4v) is 7.04. The summed E-state index contributed by atoms with van der Waals surface area (Å²) in [6.07, 6.45) is 7.10. The first-order valence-corrected chi connectivity index (χ1v) is 10.3. The van der Waals surface area contributed by atoms with Crippen LogP contribution in [-0.2, 0) is 9.53 Å². The highest BCUT2D eigenvalue weighted by Gasteiger charge is 2.60. The molecule has 9 atom stereocenters. The SMILES string of the molecule is CCOC(=O)[C@@H]1[C@@H](Cl)[C@@H]2[C@@H]3[C@H](CCC(C)=C4C=C[C@H]1[C@@H]43)[C@@H](C)C[C@@H]2O. The van der Waals surface area contributed by atoms with E-state index in [9.17, 15) is 9.90 Å². The molecule has 25 heavy (non-hydrogen) atoms. The molecule has 0 aromatic heterocycles. The number of ether oxygens (including phenoxy) is 1. The average molecular weight is 365 g/mol. The topological polar surface area (TPSA) is 46.5 Å². The van der Waals surface area contributed by atoms with Gasteiger partial charge in [-0.2, -0.15) is 0 Å². The molecule has 0 saturated heterocycles. The van der Waals surface area contributed by atoms with E-state index in [0.29, 0.717) is 30.3 Å². The molecule has 0 bridgehead atoms. The van der Waals surface area contributed by atoms with Gasteiger partial charge in [0, 0.05) is 5.92 Å². The van der Waals surface area contributed by atoms with Crippen molar-refractivity contribution in [3.05, 3.63) is 23.3 Å². The molecule has 3 nitrogen and oxygen atoms in total. The van der Waals surface area contributed by atoms with Gasteiger partial charge in [-0.1, -0.05) is 24.6 Å². The molecule has 4 aliphatic carbocycles. The Morgan fingerprint density at radius 3 is 2.88 bits per heavy atom. The lowest BCUT2D eigenvalue weighted by molar-refractivity contribution is -0.157. The molecule has 1 N–H and O–H groups in total. The number of allylic oxidation sites excluding steroid dienone is 4. The van der Waals surface area contributed by atoms with Crippen molar-refractivity contribution in [2.75, 3.05) is 6.61 Å². The number of hydrogen-bond acceptors (Lipinski definition) is 3. The van der Waals surface area contributed by atoms with Gasteiger partial charge in [-0.3, -0.25) is 4.79 Å². The van der Waals surface area contributed by atoms with E-state index in [-0.39, 0.29) is 29.1 Å². The second-order valence-corrected chi connectivity index (χ2v) is 9.06. The number of carbonyl (C=O) groups is 1. The Kier molecular flexibility index (Phi) is 4.52. The van der Waals surface area contributed by atoms with Gasteiger partial charge in [-0.15, -0.1) is 11.6 Å². The minimum Gasteiger partial charge on any atom is -0.466 e. The van der Waals surface area contributed by atoms with Crippen LogP contribution in [0.2, 0.25) is 0 Å². The monoisotopic (exact) mass is 364 g/mol. The molecule has 0 aromatic rings. The highest BCUT2D eigenvalue weighted by molar-refractivity contribution is 6.22. The zero-order valence-corrected chi connectivity index (χ0v) is 16.1. The van der Waals surface area contributed by atoms with Gasteiger partial charge in [-0.25, -0.2) is 0 Å². The molecule has 138 valence electrons. The van der Waals surface area contributed by atoms with Crippen LogP contribution < -0.4 is 0 Å². The summed E-state index contributed by atoms with van der Waals surface area (Å²) in [5.74, 6) is 1.34. The third-order valence-electron chi connectivity index (χ3n) is 7.44. The van der Waals surface area contributed by atoms with Crippen molar-refractivity contribution in [2.24, 2.45) is 41.4 Å². The molecule has 2 saturated carbocycles. The minimum absolute atomic E-state index is 0.0145. The Balaban J connectivity index is 1.81. The largest absolute Gasteiger partial charge is 0.466 e. The van der Waals surface area contributed by atoms with Crippen molar-refractivity contribution in [3.63, 3.8) is 0 Å². The molecule has 0 aromatic carbocycles. The quantitative estimate of drug-likeness (QED) is 0.596. The molecule has 0 heterocycles. The van der Waals surface area contributed by atoms with Crippen LogP contribution in [0.25, 0.3) is 0 Å². The average Bonchev–Trinajstić information content (AvgIpc) is 2.92. The van der Waals surface area contributed by atoms with Gasteiger partial charge in [-0.05, 0) is 68.3 Å². The lowest BCUT2D eigenvalue weighted by atomic mass is 9.52. The van der Waals surface area contributed by atoms with Crippen LogP contribution in [0.4, 0.5) is 0 Å². The number of halogens is 1. The summed E-state index contributed by atoms with van der Waals surface area (Å²) in [5.41, 5.74) is 2.86. The van der Waals surface area contributed by atoms with Crippen molar-refractivity contribution >= 4 is 17.6 Å². The summed E-state index contributed by atoms with van der Waals surface area (Å²) in [5, 5.41) is 10.6. The van der Waals surface area contributed by atoms with Crippen molar-refractivity contribution < 1.29 is 14.6 Å². The third kappa shape index (κ3) is 2.53. The maximum absolute atomic E-state index is 12.7. The van der Waals surface area contributed by atoms with E-state index in [0.717, 1.165) is 12.8 Å². The Labute approximate surface area is 155 Å². The highest BCUT2D eigenvalue weighted by atomic mass is 35.5. The summed E-state index contributed by atoms with van der Waals surface area (Å²) in [7, 11) is 0. The number of alkyl halides is 1. The summed E-state index contributed by atoms with van der Waals surface area (Å²) in [6, 6.07) is 0. The van der Waals surface area contributed by atoms with Gasteiger partial charge in [0.1, 0.15) is 0 Å². The number of aliphatic hydroxyl groups excluding tert-OH is 1. The van der Waals surface area contributed by atoms with E-state index in [1.165, 1.54) is 17.6 Å². The van der Waals surface area contributed by atoms with Gasteiger partial charge in [0.05, 0.1) is 24.0 Å². The molecule has 0 amide bonds. The predicted molar refractivity (Wildman–Crippen MR) is 98.1 cm³/mol. The second kappa shape index (κ2) is 6.42. The lowest BCUT2D eigenvalue weighted by Gasteiger charge is -2.55. The van der Waals surface area contributed by atoms with Gasteiger partial charge in [0.2, 0.25) is 0 Å². The normalized spacial score (nSPS) is 48.1. The van der Waals surface area contributed by atoms with Crippen molar-refractivity contribution in [3.8, 4) is 0 Å². The van der Waals surface area contributed by atoms with Crippen molar-refractivity contribution in [1.29, 1.82) is 0 Å². The van der Waals surface area contributed by atoms with Gasteiger partial charge >= 0.3 is 5.97 Å². The van der Waals surface area contributed by atoms with Crippen LogP contribution >= 0.6 is 11.6 Å². The first-order valence-electron chi connectivity index (χ1n) is 9.82. The maximum Gasteiger partial charge on any atom is 0.311 e. The molecule has 4 aliphatic rings. The third-order valence-corrected chi connectivity index (χ3v) is 8.01. The summed E-state index contributed by atoms with van der Waals surface area (Å²) >= 11 is 6.91. The molecular weight excluding hydrogens is 336 g/mol. The van der Waals surface area contributed by atoms with E-state index in [2.05, 4.69) is 26.0 Å². The molecule has 2 fully saturated rings. The first kappa shape index (κ1) is 17.6. The van der Waals surface area contributed by atoms with E-state index >= 15 is 0 Å². The van der Waals surface area contributed by atoms with Crippen molar-refractivity contribution in [1.82, 2.24) is 0 Å². The molecule has 0 spiro atoms. The molecule has 0 unspecified atom stereocenters. The number of esters is 1. The Morgan fingerprint density at radius 2 is 2.16 bits per heavy atom. The molecule has 4 rings (SSSR count). The van der Waals surface area contributed by atoms with Gasteiger partial charge in [0.15, 0.2) is 0 Å². The first-order chi connectivity index (χ1) is 12.0. The Morgan fingerprint density at radius 1 is 1.40 bits per heavy atom. The molecule has 0 aliphatic heterocycles. The number of carbonyl (C=O) groups excluding carboxylic acids is 1. The van der Waals surface area contributed by atoms with Crippen LogP contribution in [-0.4, -0.2) is 29.2 Å². The van der Waals surface area contributed by atoms with Gasteiger partial charge in [0.25, 0.3) is 0 Å². The number of hydrogen-bond donors (Lipinski definition) is 1. The number of rotatable bonds is 2. The standard InChI is InChI=1S/C21H29ClO3/c1-4-25-21(24)18-14-8-7-12-10(2)5-6-13-11(3)9-15(23)19(20(18)22)17(13)16(12)14/h7-8,11,13-20,23H,4-6,9H2,1-3H3/t11-,13+,14-,15-,16+,17+,18-,19-,20+/m0/s1. The zero-order chi connectivity index (χ0) is 17.9. The van der Waals surface area contributed by atoms with E-state index < -0.39 is 6.10 Å². The second-order valence-electron chi connectivity index (χ2n) is 8.56. The van der Waals surface area contributed by atoms with E-state index in [4.69, 9.17) is 16.3 Å². The lowest BCUT2D eigenvalue weighted by Crippen LogP contribution is -2.58. The minimum atomic E-state index is -0.420. The fourth-order valence-electron chi connectivity index (χ4n) is 6.43. The summed E-state index contributed by atoms with van der Waals surface area (Å²) < 4.78 is 5.38. The highest BCUT2D eigenvalue weighted by Crippen LogP contribution is 2.61. The van der Waals surface area contributed by atoms with E-state index in [1.807, 2.05) is 6.92 Å².